The van der Waals surface area contributed by atoms with Crippen LogP contribution in [0.15, 0.2) is 21.7 Å². The number of rotatable bonds is 2. The van der Waals surface area contributed by atoms with Crippen molar-refractivity contribution in [1.82, 2.24) is 19.9 Å². The van der Waals surface area contributed by atoms with Crippen molar-refractivity contribution in [3.05, 3.63) is 32.8 Å². The summed E-state index contributed by atoms with van der Waals surface area (Å²) in [7, 11) is 1.52. The Morgan fingerprint density at radius 3 is 2.75 bits per heavy atom. The Morgan fingerprint density at radius 1 is 1.30 bits per heavy atom. The van der Waals surface area contributed by atoms with E-state index in [1.807, 2.05) is 0 Å². The van der Waals surface area contributed by atoms with E-state index in [1.165, 1.54) is 11.7 Å². The van der Waals surface area contributed by atoms with E-state index >= 15 is 0 Å². The van der Waals surface area contributed by atoms with E-state index in [0.29, 0.717) is 17.0 Å². The first-order valence-electron chi connectivity index (χ1n) is 6.61. The number of aromatic amines is 1. The summed E-state index contributed by atoms with van der Waals surface area (Å²) in [6, 6.07) is 3.36. The molecule has 2 aromatic rings. The van der Waals surface area contributed by atoms with Gasteiger partial charge < -0.3 is 15.0 Å². The summed E-state index contributed by atoms with van der Waals surface area (Å²) in [5.41, 5.74) is -0.136. The number of aromatic nitrogens is 3. The van der Waals surface area contributed by atoms with Gasteiger partial charge in [0, 0.05) is 12.1 Å². The standard InChI is InChI=1S/C13H16N4O3/c1-20-10-3-2-9-11(16-10)17(13(19)12(18)15-9)8-4-6-14-7-5-8/h2-3,8,14H,4-7H2,1H3,(H,15,18). The average molecular weight is 276 g/mol. The zero-order valence-corrected chi connectivity index (χ0v) is 11.2. The van der Waals surface area contributed by atoms with Crippen LogP contribution in [0.2, 0.25) is 0 Å². The van der Waals surface area contributed by atoms with E-state index in [9.17, 15) is 9.59 Å². The summed E-state index contributed by atoms with van der Waals surface area (Å²) < 4.78 is 6.62. The zero-order valence-electron chi connectivity index (χ0n) is 11.2. The summed E-state index contributed by atoms with van der Waals surface area (Å²) in [4.78, 5) is 30.9. The molecule has 2 N–H and O–H groups in total. The largest absolute Gasteiger partial charge is 0.481 e. The Hall–Kier alpha value is -2.15. The quantitative estimate of drug-likeness (QED) is 0.755. The smallest absolute Gasteiger partial charge is 0.318 e. The molecule has 0 atom stereocenters. The maximum Gasteiger partial charge on any atom is 0.318 e. The topological polar surface area (TPSA) is 89.0 Å². The number of nitrogens with one attached hydrogen (secondary N) is 2. The van der Waals surface area contributed by atoms with E-state index in [-0.39, 0.29) is 6.04 Å². The molecule has 0 amide bonds. The molecule has 7 nitrogen and oxygen atoms in total. The molecule has 3 rings (SSSR count). The second kappa shape index (κ2) is 5.09. The first-order valence-corrected chi connectivity index (χ1v) is 6.61. The van der Waals surface area contributed by atoms with Gasteiger partial charge in [0.05, 0.1) is 12.6 Å². The number of piperidine rings is 1. The first kappa shape index (κ1) is 12.9. The van der Waals surface area contributed by atoms with Crippen LogP contribution in [-0.2, 0) is 0 Å². The van der Waals surface area contributed by atoms with E-state index in [1.54, 1.807) is 12.1 Å². The van der Waals surface area contributed by atoms with E-state index < -0.39 is 11.1 Å². The Morgan fingerprint density at radius 2 is 2.05 bits per heavy atom. The maximum absolute atomic E-state index is 12.2. The lowest BCUT2D eigenvalue weighted by Crippen LogP contribution is -2.41. The minimum atomic E-state index is -0.608. The predicted octanol–water partition coefficient (Wildman–Crippen LogP) is 0.0179. The highest BCUT2D eigenvalue weighted by atomic mass is 16.5. The molecule has 0 radical (unpaired) electrons. The second-order valence-corrected chi connectivity index (χ2v) is 4.84. The molecule has 0 aliphatic carbocycles. The molecule has 20 heavy (non-hydrogen) atoms. The lowest BCUT2D eigenvalue weighted by molar-refractivity contribution is 0.363. The molecule has 0 bridgehead atoms. The fourth-order valence-corrected chi connectivity index (χ4v) is 2.61. The third-order valence-corrected chi connectivity index (χ3v) is 3.62. The summed E-state index contributed by atoms with van der Waals surface area (Å²) >= 11 is 0. The maximum atomic E-state index is 12.2. The molecule has 106 valence electrons. The fraction of sp³-hybridized carbons (Fsp3) is 0.462. The molecule has 1 aliphatic heterocycles. The average Bonchev–Trinajstić information content (AvgIpc) is 2.49. The van der Waals surface area contributed by atoms with Crippen LogP contribution in [0.3, 0.4) is 0 Å². The molecule has 2 aromatic heterocycles. The van der Waals surface area contributed by atoms with Crippen LogP contribution in [0.4, 0.5) is 0 Å². The normalized spacial score (nSPS) is 16.4. The molecule has 0 unspecified atom stereocenters. The van der Waals surface area contributed by atoms with Gasteiger partial charge in [-0.3, -0.25) is 14.2 Å². The van der Waals surface area contributed by atoms with Crippen LogP contribution < -0.4 is 21.2 Å². The second-order valence-electron chi connectivity index (χ2n) is 4.84. The highest BCUT2D eigenvalue weighted by molar-refractivity contribution is 5.70. The molecule has 1 saturated heterocycles. The highest BCUT2D eigenvalue weighted by Crippen LogP contribution is 2.21. The van der Waals surface area contributed by atoms with Crippen molar-refractivity contribution in [3.8, 4) is 5.88 Å². The minimum absolute atomic E-state index is 0.00634. The van der Waals surface area contributed by atoms with Crippen molar-refractivity contribution in [2.75, 3.05) is 20.2 Å². The van der Waals surface area contributed by atoms with E-state index in [4.69, 9.17) is 4.74 Å². The van der Waals surface area contributed by atoms with Crippen LogP contribution in [0, 0.1) is 0 Å². The van der Waals surface area contributed by atoms with Gasteiger partial charge >= 0.3 is 11.1 Å². The van der Waals surface area contributed by atoms with Crippen LogP contribution >= 0.6 is 0 Å². The lowest BCUT2D eigenvalue weighted by atomic mass is 10.1. The summed E-state index contributed by atoms with van der Waals surface area (Å²) in [5.74, 6) is 0.423. The Labute approximate surface area is 114 Å². The van der Waals surface area contributed by atoms with Crippen molar-refractivity contribution < 1.29 is 4.74 Å². The molecule has 0 spiro atoms. The number of hydrogen-bond acceptors (Lipinski definition) is 5. The molecular weight excluding hydrogens is 260 g/mol. The van der Waals surface area contributed by atoms with E-state index in [0.717, 1.165) is 25.9 Å². The Balaban J connectivity index is 2.28. The summed E-state index contributed by atoms with van der Waals surface area (Å²) in [5, 5.41) is 3.24. The molecule has 0 aromatic carbocycles. The van der Waals surface area contributed by atoms with Gasteiger partial charge in [0.2, 0.25) is 5.88 Å². The minimum Gasteiger partial charge on any atom is -0.481 e. The molecule has 3 heterocycles. The van der Waals surface area contributed by atoms with Gasteiger partial charge in [-0.2, -0.15) is 4.98 Å². The van der Waals surface area contributed by atoms with E-state index in [2.05, 4.69) is 15.3 Å². The van der Waals surface area contributed by atoms with Gasteiger partial charge in [-0.25, -0.2) is 0 Å². The van der Waals surface area contributed by atoms with Gasteiger partial charge in [0.1, 0.15) is 0 Å². The van der Waals surface area contributed by atoms with Crippen LogP contribution in [0.5, 0.6) is 5.88 Å². The molecule has 0 saturated carbocycles. The van der Waals surface area contributed by atoms with Crippen LogP contribution in [0.25, 0.3) is 11.2 Å². The highest BCUT2D eigenvalue weighted by Gasteiger charge is 2.20. The first-order chi connectivity index (χ1) is 9.70. The Bertz CT molecular complexity index is 743. The molecule has 1 fully saturated rings. The van der Waals surface area contributed by atoms with Gasteiger partial charge in [-0.1, -0.05) is 0 Å². The van der Waals surface area contributed by atoms with Crippen molar-refractivity contribution >= 4 is 11.2 Å². The van der Waals surface area contributed by atoms with Crippen molar-refractivity contribution in [2.24, 2.45) is 0 Å². The van der Waals surface area contributed by atoms with Crippen LogP contribution in [0.1, 0.15) is 18.9 Å². The third kappa shape index (κ3) is 2.09. The monoisotopic (exact) mass is 276 g/mol. The number of ether oxygens (including phenoxy) is 1. The zero-order chi connectivity index (χ0) is 14.1. The van der Waals surface area contributed by atoms with Crippen molar-refractivity contribution in [3.63, 3.8) is 0 Å². The van der Waals surface area contributed by atoms with Gasteiger partial charge in [0.15, 0.2) is 5.65 Å². The van der Waals surface area contributed by atoms with Gasteiger partial charge in [0.25, 0.3) is 0 Å². The number of pyridine rings is 1. The predicted molar refractivity (Wildman–Crippen MR) is 74.3 cm³/mol. The van der Waals surface area contributed by atoms with Crippen molar-refractivity contribution in [1.29, 1.82) is 0 Å². The van der Waals surface area contributed by atoms with Gasteiger partial charge in [-0.05, 0) is 32.0 Å². The molecule has 7 heteroatoms. The number of nitrogens with zero attached hydrogens (tertiary/aromatic N) is 2. The van der Waals surface area contributed by atoms with Crippen LogP contribution in [-0.4, -0.2) is 34.7 Å². The van der Waals surface area contributed by atoms with Gasteiger partial charge in [-0.15, -0.1) is 0 Å². The lowest BCUT2D eigenvalue weighted by Gasteiger charge is -2.25. The molecular formula is C13H16N4O3. The molecule has 1 aliphatic rings. The summed E-state index contributed by atoms with van der Waals surface area (Å²) in [6.07, 6.45) is 1.61. The summed E-state index contributed by atoms with van der Waals surface area (Å²) in [6.45, 7) is 1.66. The fourth-order valence-electron chi connectivity index (χ4n) is 2.61. The third-order valence-electron chi connectivity index (χ3n) is 3.62. The SMILES string of the molecule is COc1ccc2[nH]c(=O)c(=O)n(C3CCNCC3)c2n1. The number of methoxy groups -OCH3 is 1. The van der Waals surface area contributed by atoms with Crippen molar-refractivity contribution in [2.45, 2.75) is 18.9 Å². The Kier molecular flexibility index (Phi) is 3.27. The number of H-pyrrole nitrogens is 1. The number of hydrogen-bond donors (Lipinski definition) is 2. The number of fused-ring (bicyclic) bond motifs is 1.